The number of ether oxygens (including phenoxy) is 1. The summed E-state index contributed by atoms with van der Waals surface area (Å²) >= 11 is 0. The van der Waals surface area contributed by atoms with Crippen molar-refractivity contribution in [2.45, 2.75) is 24.8 Å². The first-order valence-electron chi connectivity index (χ1n) is 7.26. The van der Waals surface area contributed by atoms with Crippen LogP contribution in [0.4, 0.5) is 0 Å². The van der Waals surface area contributed by atoms with Crippen LogP contribution < -0.4 is 0 Å². The summed E-state index contributed by atoms with van der Waals surface area (Å²) in [5.74, 6) is 2.59. The van der Waals surface area contributed by atoms with Crippen molar-refractivity contribution in [2.75, 3.05) is 20.2 Å². The van der Waals surface area contributed by atoms with Gasteiger partial charge in [0.2, 0.25) is 0 Å². The Morgan fingerprint density at radius 3 is 3.00 bits per heavy atom. The van der Waals surface area contributed by atoms with Crippen LogP contribution in [0.5, 0.6) is 5.75 Å². The first kappa shape index (κ1) is 16.1. The summed E-state index contributed by atoms with van der Waals surface area (Å²) < 4.78 is 5.07. The highest BCUT2D eigenvalue weighted by molar-refractivity contribution is 5.82. The lowest BCUT2D eigenvalue weighted by Crippen LogP contribution is -2.58. The first-order chi connectivity index (χ1) is 10.6. The fraction of sp³-hybridized carbons (Fsp3) is 0.389. The van der Waals surface area contributed by atoms with Crippen LogP contribution in [0.1, 0.15) is 17.5 Å². The second kappa shape index (κ2) is 6.67. The molecule has 22 heavy (non-hydrogen) atoms. The normalized spacial score (nSPS) is 20.0. The van der Waals surface area contributed by atoms with Crippen molar-refractivity contribution < 1.29 is 14.6 Å². The molecule has 0 saturated heterocycles. The van der Waals surface area contributed by atoms with Crippen molar-refractivity contribution in [3.63, 3.8) is 0 Å². The van der Waals surface area contributed by atoms with Crippen LogP contribution in [-0.4, -0.2) is 41.7 Å². The fourth-order valence-corrected chi connectivity index (χ4v) is 3.18. The average Bonchev–Trinajstić information content (AvgIpc) is 2.53. The van der Waals surface area contributed by atoms with E-state index in [2.05, 4.69) is 12.5 Å². The number of nitrogens with zero attached hydrogens (tertiary/aromatic N) is 1. The van der Waals surface area contributed by atoms with Gasteiger partial charge in [-0.2, -0.15) is 0 Å². The number of terminal acetylenes is 1. The van der Waals surface area contributed by atoms with E-state index in [-0.39, 0.29) is 11.7 Å². The molecule has 0 spiro atoms. The number of esters is 1. The molecule has 0 amide bonds. The van der Waals surface area contributed by atoms with Crippen LogP contribution in [0.25, 0.3) is 0 Å². The second-order valence-electron chi connectivity index (χ2n) is 5.53. The number of hydrogen-bond acceptors (Lipinski definition) is 4. The zero-order valence-corrected chi connectivity index (χ0v) is 12.8. The van der Waals surface area contributed by atoms with Gasteiger partial charge >= 0.3 is 5.97 Å². The van der Waals surface area contributed by atoms with Crippen molar-refractivity contribution in [3.8, 4) is 18.1 Å². The summed E-state index contributed by atoms with van der Waals surface area (Å²) in [5.41, 5.74) is 1.33. The molecule has 1 atom stereocenters. The monoisotopic (exact) mass is 299 g/mol. The molecule has 1 aromatic carbocycles. The first-order valence-corrected chi connectivity index (χ1v) is 7.26. The van der Waals surface area contributed by atoms with Crippen LogP contribution >= 0.6 is 0 Å². The van der Waals surface area contributed by atoms with E-state index < -0.39 is 5.54 Å². The number of phenolic OH excluding ortho intramolecular Hbond substituents is 1. The number of carbonyl (C=O) groups excluding carboxylic acids is 1. The Balaban J connectivity index is 2.43. The van der Waals surface area contributed by atoms with Crippen molar-refractivity contribution in [1.82, 2.24) is 4.90 Å². The highest BCUT2D eigenvalue weighted by atomic mass is 16.5. The van der Waals surface area contributed by atoms with E-state index in [1.807, 2.05) is 11.0 Å². The molecule has 0 fully saturated rings. The summed E-state index contributed by atoms with van der Waals surface area (Å²) in [5, 5.41) is 9.61. The predicted octanol–water partition coefficient (Wildman–Crippen LogP) is 1.91. The topological polar surface area (TPSA) is 49.8 Å². The summed E-state index contributed by atoms with van der Waals surface area (Å²) in [4.78, 5) is 14.5. The van der Waals surface area contributed by atoms with Crippen LogP contribution in [0.2, 0.25) is 0 Å². The summed E-state index contributed by atoms with van der Waals surface area (Å²) in [6.45, 7) is 4.63. The van der Waals surface area contributed by atoms with E-state index in [1.54, 1.807) is 18.2 Å². The zero-order chi connectivity index (χ0) is 16.2. The summed E-state index contributed by atoms with van der Waals surface area (Å²) in [6.07, 6.45) is 9.03. The third-order valence-electron chi connectivity index (χ3n) is 4.28. The molecule has 4 heteroatoms. The lowest BCUT2D eigenvalue weighted by molar-refractivity contribution is -0.155. The lowest BCUT2D eigenvalue weighted by atomic mass is 9.76. The minimum atomic E-state index is -0.778. The average molecular weight is 299 g/mol. The molecular weight excluding hydrogens is 278 g/mol. The van der Waals surface area contributed by atoms with Gasteiger partial charge in [0, 0.05) is 13.0 Å². The summed E-state index contributed by atoms with van der Waals surface area (Å²) in [6, 6.07) is 5.27. The van der Waals surface area contributed by atoms with Gasteiger partial charge < -0.3 is 9.84 Å². The molecule has 2 rings (SSSR count). The van der Waals surface area contributed by atoms with Gasteiger partial charge in [-0.05, 0) is 36.1 Å². The van der Waals surface area contributed by atoms with E-state index in [4.69, 9.17) is 11.2 Å². The minimum Gasteiger partial charge on any atom is -0.508 e. The molecule has 1 unspecified atom stereocenters. The molecule has 4 nitrogen and oxygen atoms in total. The van der Waals surface area contributed by atoms with Crippen LogP contribution in [-0.2, 0) is 22.4 Å². The maximum absolute atomic E-state index is 12.5. The van der Waals surface area contributed by atoms with E-state index in [0.29, 0.717) is 32.4 Å². The number of aryl methyl sites for hydroxylation is 1. The number of rotatable bonds is 5. The maximum Gasteiger partial charge on any atom is 0.326 e. The van der Waals surface area contributed by atoms with Crippen molar-refractivity contribution in [2.24, 2.45) is 0 Å². The number of aromatic hydroxyl groups is 1. The smallest absolute Gasteiger partial charge is 0.326 e. The quantitative estimate of drug-likeness (QED) is 0.513. The van der Waals surface area contributed by atoms with Crippen molar-refractivity contribution in [3.05, 3.63) is 42.0 Å². The molecular formula is C18H21NO3. The Morgan fingerprint density at radius 2 is 2.36 bits per heavy atom. The maximum atomic E-state index is 12.5. The third kappa shape index (κ3) is 2.86. The van der Waals surface area contributed by atoms with Crippen LogP contribution in [0.3, 0.4) is 0 Å². The lowest BCUT2D eigenvalue weighted by Gasteiger charge is -2.43. The Labute approximate surface area is 131 Å². The molecule has 0 heterocycles. The molecule has 0 radical (unpaired) electrons. The highest BCUT2D eigenvalue weighted by Gasteiger charge is 2.46. The van der Waals surface area contributed by atoms with Crippen molar-refractivity contribution >= 4 is 5.97 Å². The standard InChI is InChI=1S/C18H21NO3/c1-4-10-19(11-5-2)18(17(21)22-3)9-8-14-12-16(20)7-6-15(14)13-18/h1,5-7,12,20H,2,8-11,13H2,3H3. The second-order valence-corrected chi connectivity index (χ2v) is 5.53. The molecule has 1 N–H and O–H groups in total. The number of phenols is 1. The molecule has 0 bridgehead atoms. The Hall–Kier alpha value is -2.25. The minimum absolute atomic E-state index is 0.246. The predicted molar refractivity (Wildman–Crippen MR) is 85.5 cm³/mol. The largest absolute Gasteiger partial charge is 0.508 e. The van der Waals surface area contributed by atoms with Crippen LogP contribution in [0, 0.1) is 12.3 Å². The Bertz CT molecular complexity index is 617. The molecule has 0 aromatic heterocycles. The van der Waals surface area contributed by atoms with Gasteiger partial charge in [0.15, 0.2) is 0 Å². The number of methoxy groups -OCH3 is 1. The van der Waals surface area contributed by atoms with Gasteiger partial charge in [-0.3, -0.25) is 9.69 Å². The molecule has 1 aromatic rings. The van der Waals surface area contributed by atoms with Gasteiger partial charge in [-0.25, -0.2) is 0 Å². The molecule has 116 valence electrons. The van der Waals surface area contributed by atoms with Gasteiger partial charge in [-0.15, -0.1) is 13.0 Å². The SMILES string of the molecule is C#CCN(CC=C)C1(C(=O)OC)CCc2cc(O)ccc2C1. The van der Waals surface area contributed by atoms with Crippen LogP contribution in [0.15, 0.2) is 30.9 Å². The van der Waals surface area contributed by atoms with E-state index in [9.17, 15) is 9.90 Å². The fourth-order valence-electron chi connectivity index (χ4n) is 3.18. The molecule has 0 aliphatic heterocycles. The van der Waals surface area contributed by atoms with E-state index in [1.165, 1.54) is 7.11 Å². The Morgan fingerprint density at radius 1 is 1.59 bits per heavy atom. The number of hydrogen-bond donors (Lipinski definition) is 1. The number of fused-ring (bicyclic) bond motifs is 1. The highest BCUT2D eigenvalue weighted by Crippen LogP contribution is 2.35. The van der Waals surface area contributed by atoms with Gasteiger partial charge in [0.1, 0.15) is 11.3 Å². The van der Waals surface area contributed by atoms with E-state index >= 15 is 0 Å². The number of benzene rings is 1. The molecule has 1 aliphatic rings. The number of carbonyl (C=O) groups is 1. The molecule has 0 saturated carbocycles. The van der Waals surface area contributed by atoms with Crippen molar-refractivity contribution in [1.29, 1.82) is 0 Å². The van der Waals surface area contributed by atoms with Gasteiger partial charge in [-0.1, -0.05) is 18.1 Å². The summed E-state index contributed by atoms with van der Waals surface area (Å²) in [7, 11) is 1.40. The molecule has 1 aliphatic carbocycles. The third-order valence-corrected chi connectivity index (χ3v) is 4.28. The van der Waals surface area contributed by atoms with Gasteiger partial charge in [0.25, 0.3) is 0 Å². The Kier molecular flexibility index (Phi) is 4.89. The zero-order valence-electron chi connectivity index (χ0n) is 12.8. The van der Waals surface area contributed by atoms with E-state index in [0.717, 1.165) is 11.1 Å². The van der Waals surface area contributed by atoms with Gasteiger partial charge in [0.05, 0.1) is 13.7 Å².